The molecule has 0 bridgehead atoms. The van der Waals surface area contributed by atoms with Crippen LogP contribution in [0.15, 0.2) is 17.0 Å². The van der Waals surface area contributed by atoms with Crippen molar-refractivity contribution in [1.82, 2.24) is 24.8 Å². The molecule has 1 aliphatic carbocycles. The van der Waals surface area contributed by atoms with Crippen molar-refractivity contribution in [2.45, 2.75) is 25.8 Å². The first-order valence-electron chi connectivity index (χ1n) is 5.78. The Bertz CT molecular complexity index is 526. The molecule has 90 valence electrons. The van der Waals surface area contributed by atoms with Crippen LogP contribution in [-0.4, -0.2) is 24.8 Å². The maximum Gasteiger partial charge on any atom is 0.151 e. The monoisotopic (exact) mass is 295 g/mol. The molecule has 2 aromatic rings. The second-order valence-corrected chi connectivity index (χ2v) is 5.37. The van der Waals surface area contributed by atoms with Crippen LogP contribution in [0.4, 0.5) is 0 Å². The lowest BCUT2D eigenvalue weighted by atomic mass is 10.2. The van der Waals surface area contributed by atoms with E-state index in [2.05, 4.69) is 37.4 Å². The van der Waals surface area contributed by atoms with Crippen LogP contribution in [0.5, 0.6) is 0 Å². The van der Waals surface area contributed by atoms with Crippen LogP contribution in [0, 0.1) is 5.92 Å². The van der Waals surface area contributed by atoms with Crippen LogP contribution in [0.1, 0.15) is 24.1 Å². The van der Waals surface area contributed by atoms with E-state index in [0.717, 1.165) is 29.2 Å². The lowest BCUT2D eigenvalue weighted by Gasteiger charge is -1.96. The van der Waals surface area contributed by atoms with E-state index in [0.29, 0.717) is 0 Å². The van der Waals surface area contributed by atoms with Gasteiger partial charge in [-0.15, -0.1) is 5.10 Å². The summed E-state index contributed by atoms with van der Waals surface area (Å²) in [6.07, 6.45) is 7.51. The van der Waals surface area contributed by atoms with Gasteiger partial charge in [0, 0.05) is 26.2 Å². The molecule has 0 aromatic carbocycles. The molecule has 1 saturated carbocycles. The zero-order chi connectivity index (χ0) is 11.8. The number of halogens is 1. The van der Waals surface area contributed by atoms with E-state index in [1.54, 1.807) is 4.80 Å². The summed E-state index contributed by atoms with van der Waals surface area (Å²) in [5, 5.41) is 12.9. The molecule has 0 saturated heterocycles. The Morgan fingerprint density at radius 1 is 1.41 bits per heavy atom. The largest absolute Gasteiger partial charge is 0.272 e. The van der Waals surface area contributed by atoms with E-state index in [-0.39, 0.29) is 0 Å². The molecular weight excluding hydrogens is 282 g/mol. The summed E-state index contributed by atoms with van der Waals surface area (Å²) in [6.45, 7) is 1.06. The second-order valence-electron chi connectivity index (χ2n) is 4.62. The Labute approximate surface area is 108 Å². The van der Waals surface area contributed by atoms with Gasteiger partial charge in [0.25, 0.3) is 0 Å². The summed E-state index contributed by atoms with van der Waals surface area (Å²) in [6, 6.07) is 0. The van der Waals surface area contributed by atoms with Gasteiger partial charge in [0.05, 0.1) is 6.20 Å². The van der Waals surface area contributed by atoms with E-state index >= 15 is 0 Å². The molecule has 0 spiro atoms. The Morgan fingerprint density at radius 3 is 2.88 bits per heavy atom. The Kier molecular flexibility index (Phi) is 2.74. The summed E-state index contributed by atoms with van der Waals surface area (Å²) in [5.74, 6) is 0.853. The highest BCUT2D eigenvalue weighted by molar-refractivity contribution is 9.10. The number of rotatable bonds is 4. The van der Waals surface area contributed by atoms with Crippen molar-refractivity contribution < 1.29 is 0 Å². The van der Waals surface area contributed by atoms with Gasteiger partial charge in [-0.3, -0.25) is 4.68 Å². The number of aryl methyl sites for hydroxylation is 1. The zero-order valence-corrected chi connectivity index (χ0v) is 11.3. The van der Waals surface area contributed by atoms with Crippen molar-refractivity contribution in [3.8, 4) is 0 Å². The molecule has 0 aliphatic heterocycles. The highest BCUT2D eigenvalue weighted by atomic mass is 79.9. The van der Waals surface area contributed by atoms with Crippen LogP contribution >= 0.6 is 15.9 Å². The molecule has 6 heteroatoms. The van der Waals surface area contributed by atoms with Crippen LogP contribution in [0.25, 0.3) is 0 Å². The summed E-state index contributed by atoms with van der Waals surface area (Å²) in [5.41, 5.74) is 2.14. The van der Waals surface area contributed by atoms with Crippen molar-refractivity contribution in [2.75, 3.05) is 0 Å². The first-order chi connectivity index (χ1) is 8.20. The van der Waals surface area contributed by atoms with Crippen LogP contribution in [0.2, 0.25) is 0 Å². The van der Waals surface area contributed by atoms with Crippen LogP contribution < -0.4 is 0 Å². The van der Waals surface area contributed by atoms with Crippen molar-refractivity contribution >= 4 is 15.9 Å². The molecule has 2 aromatic heterocycles. The maximum atomic E-state index is 4.38. The molecule has 0 atom stereocenters. The fourth-order valence-electron chi connectivity index (χ4n) is 1.89. The molecule has 17 heavy (non-hydrogen) atoms. The molecule has 2 heterocycles. The quantitative estimate of drug-likeness (QED) is 0.864. The summed E-state index contributed by atoms with van der Waals surface area (Å²) >= 11 is 3.41. The van der Waals surface area contributed by atoms with Crippen molar-refractivity contribution in [1.29, 1.82) is 0 Å². The molecule has 0 amide bonds. The third kappa shape index (κ3) is 2.57. The third-order valence-electron chi connectivity index (χ3n) is 2.94. The van der Waals surface area contributed by atoms with Gasteiger partial charge in [-0.2, -0.15) is 15.0 Å². The minimum absolute atomic E-state index is 0.777. The number of hydrogen-bond donors (Lipinski definition) is 0. The standard InChI is InChI=1S/C11H14BrN5/c1-16-14-10(11(12)15-16)4-9-5-13-17(7-9)6-8-2-3-8/h5,7-8H,2-4,6H2,1H3. The highest BCUT2D eigenvalue weighted by Gasteiger charge is 2.22. The average molecular weight is 296 g/mol. The Hall–Kier alpha value is -1.17. The van der Waals surface area contributed by atoms with Gasteiger partial charge in [-0.1, -0.05) is 0 Å². The lowest BCUT2D eigenvalue weighted by molar-refractivity contribution is 0.563. The summed E-state index contributed by atoms with van der Waals surface area (Å²) < 4.78 is 2.85. The topological polar surface area (TPSA) is 48.5 Å². The minimum Gasteiger partial charge on any atom is -0.272 e. The fraction of sp³-hybridized carbons (Fsp3) is 0.545. The fourth-order valence-corrected chi connectivity index (χ4v) is 2.34. The zero-order valence-electron chi connectivity index (χ0n) is 9.67. The van der Waals surface area contributed by atoms with Gasteiger partial charge < -0.3 is 0 Å². The molecular formula is C11H14BrN5. The van der Waals surface area contributed by atoms with E-state index < -0.39 is 0 Å². The van der Waals surface area contributed by atoms with E-state index in [9.17, 15) is 0 Å². The molecule has 1 aliphatic rings. The van der Waals surface area contributed by atoms with Gasteiger partial charge >= 0.3 is 0 Å². The summed E-state index contributed by atoms with van der Waals surface area (Å²) in [4.78, 5) is 1.58. The van der Waals surface area contributed by atoms with Crippen molar-refractivity contribution in [2.24, 2.45) is 13.0 Å². The Balaban J connectivity index is 1.71. The normalized spacial score (nSPS) is 15.4. The van der Waals surface area contributed by atoms with Gasteiger partial charge in [0.2, 0.25) is 0 Å². The van der Waals surface area contributed by atoms with Crippen LogP contribution in [-0.2, 0) is 20.0 Å². The molecule has 1 fully saturated rings. The maximum absolute atomic E-state index is 4.38. The van der Waals surface area contributed by atoms with E-state index in [1.165, 1.54) is 18.4 Å². The first kappa shape index (κ1) is 11.0. The lowest BCUT2D eigenvalue weighted by Crippen LogP contribution is -1.99. The average Bonchev–Trinajstić information content (AvgIpc) is 2.88. The smallest absolute Gasteiger partial charge is 0.151 e. The highest BCUT2D eigenvalue weighted by Crippen LogP contribution is 2.30. The van der Waals surface area contributed by atoms with E-state index in [4.69, 9.17) is 0 Å². The van der Waals surface area contributed by atoms with Crippen LogP contribution in [0.3, 0.4) is 0 Å². The second kappa shape index (κ2) is 4.25. The molecule has 3 rings (SSSR count). The van der Waals surface area contributed by atoms with Gasteiger partial charge in [-0.05, 0) is 40.3 Å². The predicted octanol–water partition coefficient (Wildman–Crippen LogP) is 1.77. The van der Waals surface area contributed by atoms with Crippen molar-refractivity contribution in [3.05, 3.63) is 28.3 Å². The predicted molar refractivity (Wildman–Crippen MR) is 66.5 cm³/mol. The minimum atomic E-state index is 0.777. The molecule has 0 unspecified atom stereocenters. The molecule has 5 nitrogen and oxygen atoms in total. The number of nitrogens with zero attached hydrogens (tertiary/aromatic N) is 5. The van der Waals surface area contributed by atoms with E-state index in [1.807, 2.05) is 17.9 Å². The van der Waals surface area contributed by atoms with Gasteiger partial charge in [0.15, 0.2) is 4.60 Å². The van der Waals surface area contributed by atoms with Crippen molar-refractivity contribution in [3.63, 3.8) is 0 Å². The SMILES string of the molecule is Cn1nc(Br)c(Cc2cnn(CC3CC3)c2)n1. The summed E-state index contributed by atoms with van der Waals surface area (Å²) in [7, 11) is 1.82. The molecule has 0 N–H and O–H groups in total. The molecule has 0 radical (unpaired) electrons. The first-order valence-corrected chi connectivity index (χ1v) is 6.57. The number of aromatic nitrogens is 5. The third-order valence-corrected chi connectivity index (χ3v) is 3.55. The van der Waals surface area contributed by atoms with Gasteiger partial charge in [-0.25, -0.2) is 0 Å². The number of hydrogen-bond acceptors (Lipinski definition) is 3. The van der Waals surface area contributed by atoms with Gasteiger partial charge in [0.1, 0.15) is 5.69 Å². The Morgan fingerprint density at radius 2 is 2.24 bits per heavy atom.